The summed E-state index contributed by atoms with van der Waals surface area (Å²) < 4.78 is 17.0. The smallest absolute Gasteiger partial charge is 0.226 e. The summed E-state index contributed by atoms with van der Waals surface area (Å²) >= 11 is 6.28. The number of carbonyl (C=O) groups is 1. The van der Waals surface area contributed by atoms with Crippen LogP contribution in [0.1, 0.15) is 18.4 Å². The third kappa shape index (κ3) is 4.53. The van der Waals surface area contributed by atoms with Crippen molar-refractivity contribution >= 4 is 17.5 Å². The summed E-state index contributed by atoms with van der Waals surface area (Å²) in [5, 5.41) is 0.497. The molecule has 0 spiro atoms. The fourth-order valence-electron chi connectivity index (χ4n) is 3.63. The van der Waals surface area contributed by atoms with E-state index in [1.165, 1.54) is 0 Å². The molecule has 6 heteroatoms. The Hall–Kier alpha value is -2.40. The highest BCUT2D eigenvalue weighted by atomic mass is 35.5. The van der Waals surface area contributed by atoms with Gasteiger partial charge in [0, 0.05) is 13.1 Å². The zero-order valence-electron chi connectivity index (χ0n) is 15.7. The normalized spacial score (nSPS) is 16.7. The second kappa shape index (κ2) is 8.74. The number of fused-ring (bicyclic) bond motifs is 1. The first-order chi connectivity index (χ1) is 13.7. The first-order valence-electron chi connectivity index (χ1n) is 9.72. The number of ether oxygens (including phenoxy) is 3. The maximum atomic E-state index is 12.7. The molecule has 1 fully saturated rings. The molecule has 2 aromatic carbocycles. The van der Waals surface area contributed by atoms with Gasteiger partial charge in [-0.25, -0.2) is 0 Å². The second-order valence-electron chi connectivity index (χ2n) is 7.23. The number of benzene rings is 2. The number of nitrogens with zero attached hydrogens (tertiary/aromatic N) is 1. The molecule has 0 N–H and O–H groups in total. The van der Waals surface area contributed by atoms with E-state index in [4.69, 9.17) is 25.8 Å². The number of carbonyl (C=O) groups excluding carboxylic acids is 1. The van der Waals surface area contributed by atoms with Crippen molar-refractivity contribution in [2.24, 2.45) is 5.92 Å². The van der Waals surface area contributed by atoms with E-state index in [1.54, 1.807) is 6.07 Å². The standard InChI is InChI=1S/C22H24ClNO4/c23-19-12-17(13-20-22(19)27-11-10-26-20)14-21(25)24-8-6-16(7-9-24)15-28-18-4-2-1-3-5-18/h1-5,12-13,16H,6-11,14-15H2. The number of amides is 1. The third-order valence-electron chi connectivity index (χ3n) is 5.21. The summed E-state index contributed by atoms with van der Waals surface area (Å²) in [6, 6.07) is 13.5. The number of hydrogen-bond acceptors (Lipinski definition) is 4. The molecule has 1 amide bonds. The number of para-hydroxylation sites is 1. The topological polar surface area (TPSA) is 48.0 Å². The van der Waals surface area contributed by atoms with Gasteiger partial charge in [0.2, 0.25) is 5.91 Å². The van der Waals surface area contributed by atoms with Crippen LogP contribution in [0.15, 0.2) is 42.5 Å². The first kappa shape index (κ1) is 18.9. The van der Waals surface area contributed by atoms with Crippen molar-refractivity contribution in [1.29, 1.82) is 0 Å². The van der Waals surface area contributed by atoms with Gasteiger partial charge in [0.1, 0.15) is 19.0 Å². The van der Waals surface area contributed by atoms with E-state index >= 15 is 0 Å². The highest BCUT2D eigenvalue weighted by Crippen LogP contribution is 2.38. The zero-order chi connectivity index (χ0) is 19.3. The van der Waals surface area contributed by atoms with E-state index in [1.807, 2.05) is 41.3 Å². The molecule has 4 rings (SSSR count). The molecule has 0 radical (unpaired) electrons. The summed E-state index contributed by atoms with van der Waals surface area (Å²) in [6.07, 6.45) is 2.24. The van der Waals surface area contributed by atoms with E-state index < -0.39 is 0 Å². The lowest BCUT2D eigenvalue weighted by molar-refractivity contribution is -0.132. The summed E-state index contributed by atoms with van der Waals surface area (Å²) in [5.41, 5.74) is 0.855. The molecule has 0 aliphatic carbocycles. The van der Waals surface area contributed by atoms with Crippen LogP contribution >= 0.6 is 11.6 Å². The van der Waals surface area contributed by atoms with Crippen LogP contribution in [0.4, 0.5) is 0 Å². The SMILES string of the molecule is O=C(Cc1cc(Cl)c2c(c1)OCCO2)N1CCC(COc2ccccc2)CC1. The van der Waals surface area contributed by atoms with E-state index in [-0.39, 0.29) is 5.91 Å². The molecule has 0 unspecified atom stereocenters. The van der Waals surface area contributed by atoms with Gasteiger partial charge in [-0.05, 0) is 48.6 Å². The highest BCUT2D eigenvalue weighted by molar-refractivity contribution is 6.32. The van der Waals surface area contributed by atoms with Gasteiger partial charge < -0.3 is 19.1 Å². The lowest BCUT2D eigenvalue weighted by Gasteiger charge is -2.32. The Morgan fingerprint density at radius 2 is 1.86 bits per heavy atom. The van der Waals surface area contributed by atoms with Crippen LogP contribution in [0.25, 0.3) is 0 Å². The van der Waals surface area contributed by atoms with Gasteiger partial charge in [-0.15, -0.1) is 0 Å². The molecule has 2 aliphatic rings. The minimum Gasteiger partial charge on any atom is -0.493 e. The number of halogens is 1. The van der Waals surface area contributed by atoms with Gasteiger partial charge in [-0.1, -0.05) is 29.8 Å². The molecular formula is C22H24ClNO4. The molecule has 148 valence electrons. The van der Waals surface area contributed by atoms with Crippen molar-refractivity contribution in [1.82, 2.24) is 4.90 Å². The second-order valence-corrected chi connectivity index (χ2v) is 7.63. The molecule has 1 saturated heterocycles. The summed E-state index contributed by atoms with van der Waals surface area (Å²) in [6.45, 7) is 3.22. The van der Waals surface area contributed by atoms with Crippen molar-refractivity contribution in [2.45, 2.75) is 19.3 Å². The maximum Gasteiger partial charge on any atom is 0.226 e. The summed E-state index contributed by atoms with van der Waals surface area (Å²) in [7, 11) is 0. The Bertz CT molecular complexity index is 819. The fourth-order valence-corrected chi connectivity index (χ4v) is 3.92. The minimum atomic E-state index is 0.121. The fraction of sp³-hybridized carbons (Fsp3) is 0.409. The van der Waals surface area contributed by atoms with Crippen LogP contribution in [0, 0.1) is 5.92 Å². The van der Waals surface area contributed by atoms with Crippen LogP contribution in [-0.4, -0.2) is 43.7 Å². The Balaban J connectivity index is 1.28. The molecule has 0 aromatic heterocycles. The van der Waals surface area contributed by atoms with Gasteiger partial charge in [-0.3, -0.25) is 4.79 Å². The molecule has 5 nitrogen and oxygen atoms in total. The van der Waals surface area contributed by atoms with Gasteiger partial charge in [0.25, 0.3) is 0 Å². The molecule has 28 heavy (non-hydrogen) atoms. The predicted molar refractivity (Wildman–Crippen MR) is 107 cm³/mol. The molecule has 2 aliphatic heterocycles. The lowest BCUT2D eigenvalue weighted by Crippen LogP contribution is -2.40. The van der Waals surface area contributed by atoms with E-state index in [0.29, 0.717) is 48.7 Å². The maximum absolute atomic E-state index is 12.7. The average molecular weight is 402 g/mol. The van der Waals surface area contributed by atoms with Crippen LogP contribution < -0.4 is 14.2 Å². The Kier molecular flexibility index (Phi) is 5.91. The van der Waals surface area contributed by atoms with Crippen molar-refractivity contribution < 1.29 is 19.0 Å². The Morgan fingerprint density at radius 3 is 2.64 bits per heavy atom. The van der Waals surface area contributed by atoms with Gasteiger partial charge in [0.15, 0.2) is 11.5 Å². The highest BCUT2D eigenvalue weighted by Gasteiger charge is 2.24. The van der Waals surface area contributed by atoms with Crippen LogP contribution in [-0.2, 0) is 11.2 Å². The van der Waals surface area contributed by atoms with E-state index in [2.05, 4.69) is 0 Å². The molecule has 0 atom stereocenters. The Morgan fingerprint density at radius 1 is 1.11 bits per heavy atom. The molecule has 2 heterocycles. The van der Waals surface area contributed by atoms with Gasteiger partial charge >= 0.3 is 0 Å². The van der Waals surface area contributed by atoms with E-state index in [9.17, 15) is 4.79 Å². The number of hydrogen-bond donors (Lipinski definition) is 0. The van der Waals surface area contributed by atoms with Crippen LogP contribution in [0.5, 0.6) is 17.2 Å². The molecule has 2 aromatic rings. The van der Waals surface area contributed by atoms with E-state index in [0.717, 1.165) is 37.2 Å². The number of rotatable bonds is 5. The summed E-state index contributed by atoms with van der Waals surface area (Å²) in [5.74, 6) is 2.70. The molecular weight excluding hydrogens is 378 g/mol. The predicted octanol–water partition coefficient (Wildman–Crippen LogP) is 3.97. The quantitative estimate of drug-likeness (QED) is 0.760. The first-order valence-corrected chi connectivity index (χ1v) is 10.1. The average Bonchev–Trinajstić information content (AvgIpc) is 2.73. The van der Waals surface area contributed by atoms with Crippen LogP contribution in [0.2, 0.25) is 5.02 Å². The number of likely N-dealkylation sites (tertiary alicyclic amines) is 1. The monoisotopic (exact) mass is 401 g/mol. The van der Waals surface area contributed by atoms with Crippen molar-refractivity contribution in [3.8, 4) is 17.2 Å². The lowest BCUT2D eigenvalue weighted by atomic mass is 9.97. The van der Waals surface area contributed by atoms with Crippen LogP contribution in [0.3, 0.4) is 0 Å². The summed E-state index contributed by atoms with van der Waals surface area (Å²) in [4.78, 5) is 14.6. The largest absolute Gasteiger partial charge is 0.493 e. The van der Waals surface area contributed by atoms with Gasteiger partial charge in [-0.2, -0.15) is 0 Å². The third-order valence-corrected chi connectivity index (χ3v) is 5.49. The molecule has 0 saturated carbocycles. The van der Waals surface area contributed by atoms with Crippen molar-refractivity contribution in [3.63, 3.8) is 0 Å². The minimum absolute atomic E-state index is 0.121. The molecule has 0 bridgehead atoms. The van der Waals surface area contributed by atoms with Gasteiger partial charge in [0.05, 0.1) is 18.1 Å². The van der Waals surface area contributed by atoms with Crippen molar-refractivity contribution in [2.75, 3.05) is 32.9 Å². The Labute approximate surface area is 170 Å². The number of piperidine rings is 1. The zero-order valence-corrected chi connectivity index (χ0v) is 16.5. The van der Waals surface area contributed by atoms with Crippen molar-refractivity contribution in [3.05, 3.63) is 53.1 Å².